The van der Waals surface area contributed by atoms with Crippen LogP contribution >= 0.6 is 11.6 Å². The van der Waals surface area contributed by atoms with Gasteiger partial charge in [0.2, 0.25) is 0 Å². The van der Waals surface area contributed by atoms with Gasteiger partial charge in [0, 0.05) is 10.9 Å². The van der Waals surface area contributed by atoms with Gasteiger partial charge in [-0.15, -0.1) is 0 Å². The minimum atomic E-state index is 0.296. The van der Waals surface area contributed by atoms with Crippen molar-refractivity contribution in [3.63, 3.8) is 0 Å². The molecule has 2 aromatic carbocycles. The zero-order chi connectivity index (χ0) is 13.7. The van der Waals surface area contributed by atoms with E-state index < -0.39 is 0 Å². The largest absolute Gasteiger partial charge is 0.497 e. The standard InChI is InChI=1S/C16H18ClNO/c1-19-16-7-5-13(6-8-16)14(11-18)9-12-3-2-4-15(17)10-12/h2-8,10,14H,9,11,18H2,1H3. The molecule has 0 aliphatic carbocycles. The Hall–Kier alpha value is -1.51. The molecule has 0 aliphatic heterocycles. The van der Waals surface area contributed by atoms with Crippen LogP contribution in [0.1, 0.15) is 17.0 Å². The molecular formula is C16H18ClNO. The quantitative estimate of drug-likeness (QED) is 0.904. The summed E-state index contributed by atoms with van der Waals surface area (Å²) in [6.45, 7) is 0.610. The Morgan fingerprint density at radius 2 is 1.89 bits per heavy atom. The Balaban J connectivity index is 2.15. The van der Waals surface area contributed by atoms with E-state index in [-0.39, 0.29) is 0 Å². The SMILES string of the molecule is COc1ccc(C(CN)Cc2cccc(Cl)c2)cc1. The maximum Gasteiger partial charge on any atom is 0.118 e. The van der Waals surface area contributed by atoms with Crippen molar-refractivity contribution >= 4 is 11.6 Å². The average molecular weight is 276 g/mol. The Morgan fingerprint density at radius 3 is 2.47 bits per heavy atom. The van der Waals surface area contributed by atoms with Crippen LogP contribution in [0.2, 0.25) is 5.02 Å². The lowest BCUT2D eigenvalue weighted by molar-refractivity contribution is 0.414. The molecule has 2 rings (SSSR count). The third-order valence-electron chi connectivity index (χ3n) is 3.24. The Kier molecular flexibility index (Phi) is 4.83. The summed E-state index contributed by atoms with van der Waals surface area (Å²) in [6, 6.07) is 16.0. The van der Waals surface area contributed by atoms with Crippen LogP contribution in [-0.2, 0) is 6.42 Å². The van der Waals surface area contributed by atoms with Crippen LogP contribution in [0.4, 0.5) is 0 Å². The van der Waals surface area contributed by atoms with Gasteiger partial charge in [-0.3, -0.25) is 0 Å². The molecule has 0 heterocycles. The second-order valence-corrected chi connectivity index (χ2v) is 4.98. The molecule has 0 saturated carbocycles. The number of nitrogens with two attached hydrogens (primary N) is 1. The highest BCUT2D eigenvalue weighted by molar-refractivity contribution is 6.30. The van der Waals surface area contributed by atoms with Gasteiger partial charge in [-0.25, -0.2) is 0 Å². The number of benzene rings is 2. The summed E-state index contributed by atoms with van der Waals surface area (Å²) in [5, 5.41) is 0.767. The lowest BCUT2D eigenvalue weighted by Gasteiger charge is -2.16. The monoisotopic (exact) mass is 275 g/mol. The van der Waals surface area contributed by atoms with Crippen molar-refractivity contribution in [2.75, 3.05) is 13.7 Å². The van der Waals surface area contributed by atoms with Gasteiger partial charge in [0.05, 0.1) is 7.11 Å². The first-order valence-electron chi connectivity index (χ1n) is 6.31. The summed E-state index contributed by atoms with van der Waals surface area (Å²) >= 11 is 6.01. The highest BCUT2D eigenvalue weighted by Crippen LogP contribution is 2.23. The predicted octanol–water partition coefficient (Wildman–Crippen LogP) is 3.63. The van der Waals surface area contributed by atoms with Crippen molar-refractivity contribution in [3.8, 4) is 5.75 Å². The van der Waals surface area contributed by atoms with Gasteiger partial charge in [-0.2, -0.15) is 0 Å². The van der Waals surface area contributed by atoms with E-state index in [1.54, 1.807) is 7.11 Å². The number of ether oxygens (including phenoxy) is 1. The molecule has 0 bridgehead atoms. The molecule has 0 aromatic heterocycles. The van der Waals surface area contributed by atoms with Gasteiger partial charge in [0.15, 0.2) is 0 Å². The number of rotatable bonds is 5. The first kappa shape index (κ1) is 13.9. The van der Waals surface area contributed by atoms with Crippen molar-refractivity contribution in [2.45, 2.75) is 12.3 Å². The van der Waals surface area contributed by atoms with Crippen LogP contribution in [0.15, 0.2) is 48.5 Å². The minimum Gasteiger partial charge on any atom is -0.497 e. The van der Waals surface area contributed by atoms with Crippen LogP contribution < -0.4 is 10.5 Å². The normalized spacial score (nSPS) is 12.2. The minimum absolute atomic E-state index is 0.296. The molecular weight excluding hydrogens is 258 g/mol. The summed E-state index contributed by atoms with van der Waals surface area (Å²) in [6.07, 6.45) is 0.892. The summed E-state index contributed by atoms with van der Waals surface area (Å²) in [7, 11) is 1.67. The number of halogens is 1. The first-order chi connectivity index (χ1) is 9.22. The van der Waals surface area contributed by atoms with Crippen molar-refractivity contribution in [1.82, 2.24) is 0 Å². The Bertz CT molecular complexity index is 525. The van der Waals surface area contributed by atoms with E-state index in [0.717, 1.165) is 17.2 Å². The molecule has 2 nitrogen and oxygen atoms in total. The van der Waals surface area contributed by atoms with Crippen molar-refractivity contribution in [1.29, 1.82) is 0 Å². The van der Waals surface area contributed by atoms with Crippen LogP contribution in [0.5, 0.6) is 5.75 Å². The summed E-state index contributed by atoms with van der Waals surface area (Å²) in [4.78, 5) is 0. The zero-order valence-electron chi connectivity index (χ0n) is 11.0. The fourth-order valence-electron chi connectivity index (χ4n) is 2.16. The molecule has 0 saturated heterocycles. The number of hydrogen-bond donors (Lipinski definition) is 1. The van der Waals surface area contributed by atoms with Gasteiger partial charge in [-0.1, -0.05) is 35.9 Å². The average Bonchev–Trinajstić information content (AvgIpc) is 2.45. The maximum absolute atomic E-state index is 6.01. The van der Waals surface area contributed by atoms with E-state index in [4.69, 9.17) is 22.1 Å². The first-order valence-corrected chi connectivity index (χ1v) is 6.69. The molecule has 2 aromatic rings. The number of methoxy groups -OCH3 is 1. The van der Waals surface area contributed by atoms with Gasteiger partial charge in [0.25, 0.3) is 0 Å². The lowest BCUT2D eigenvalue weighted by Crippen LogP contribution is -2.15. The maximum atomic E-state index is 6.01. The molecule has 1 unspecified atom stereocenters. The second kappa shape index (κ2) is 6.60. The molecule has 1 atom stereocenters. The predicted molar refractivity (Wildman–Crippen MR) is 79.9 cm³/mol. The molecule has 0 spiro atoms. The highest BCUT2D eigenvalue weighted by atomic mass is 35.5. The van der Waals surface area contributed by atoms with Crippen molar-refractivity contribution in [3.05, 3.63) is 64.7 Å². The summed E-state index contributed by atoms with van der Waals surface area (Å²) in [5.41, 5.74) is 8.33. The molecule has 0 radical (unpaired) electrons. The van der Waals surface area contributed by atoms with E-state index in [0.29, 0.717) is 12.5 Å². The Labute approximate surface area is 119 Å². The zero-order valence-corrected chi connectivity index (χ0v) is 11.7. The van der Waals surface area contributed by atoms with Crippen molar-refractivity contribution in [2.24, 2.45) is 5.73 Å². The molecule has 0 aliphatic rings. The summed E-state index contributed by atoms with van der Waals surface area (Å²) < 4.78 is 5.17. The van der Waals surface area contributed by atoms with E-state index in [2.05, 4.69) is 18.2 Å². The van der Waals surface area contributed by atoms with E-state index in [9.17, 15) is 0 Å². The van der Waals surface area contributed by atoms with Gasteiger partial charge >= 0.3 is 0 Å². The molecule has 2 N–H and O–H groups in total. The van der Waals surface area contributed by atoms with Crippen LogP contribution in [0.25, 0.3) is 0 Å². The van der Waals surface area contributed by atoms with Crippen LogP contribution in [0.3, 0.4) is 0 Å². The Morgan fingerprint density at radius 1 is 1.16 bits per heavy atom. The highest BCUT2D eigenvalue weighted by Gasteiger charge is 2.11. The number of hydrogen-bond acceptors (Lipinski definition) is 2. The fraction of sp³-hybridized carbons (Fsp3) is 0.250. The third-order valence-corrected chi connectivity index (χ3v) is 3.48. The smallest absolute Gasteiger partial charge is 0.118 e. The van der Waals surface area contributed by atoms with Crippen LogP contribution in [0, 0.1) is 0 Å². The van der Waals surface area contributed by atoms with Gasteiger partial charge < -0.3 is 10.5 Å². The van der Waals surface area contributed by atoms with E-state index in [1.807, 2.05) is 30.3 Å². The lowest BCUT2D eigenvalue weighted by atomic mass is 9.92. The van der Waals surface area contributed by atoms with Crippen LogP contribution in [-0.4, -0.2) is 13.7 Å². The van der Waals surface area contributed by atoms with Gasteiger partial charge in [0.1, 0.15) is 5.75 Å². The van der Waals surface area contributed by atoms with E-state index in [1.165, 1.54) is 11.1 Å². The van der Waals surface area contributed by atoms with E-state index >= 15 is 0 Å². The molecule has 0 amide bonds. The summed E-state index contributed by atoms with van der Waals surface area (Å²) in [5.74, 6) is 1.16. The topological polar surface area (TPSA) is 35.2 Å². The molecule has 100 valence electrons. The third kappa shape index (κ3) is 3.72. The molecule has 0 fully saturated rings. The fourth-order valence-corrected chi connectivity index (χ4v) is 2.37. The van der Waals surface area contributed by atoms with Gasteiger partial charge in [-0.05, 0) is 48.4 Å². The second-order valence-electron chi connectivity index (χ2n) is 4.54. The molecule has 3 heteroatoms. The molecule has 19 heavy (non-hydrogen) atoms. The van der Waals surface area contributed by atoms with Crippen molar-refractivity contribution < 1.29 is 4.74 Å².